The minimum absolute atomic E-state index is 0.0170. The molecule has 34 heavy (non-hydrogen) atoms. The van der Waals surface area contributed by atoms with Gasteiger partial charge in [0, 0.05) is 28.2 Å². The number of benzene rings is 2. The van der Waals surface area contributed by atoms with Crippen molar-refractivity contribution in [1.82, 2.24) is 4.98 Å². The molecule has 8 heteroatoms. The van der Waals surface area contributed by atoms with Crippen molar-refractivity contribution < 1.29 is 18.0 Å². The Balaban J connectivity index is 1.70. The fourth-order valence-electron chi connectivity index (χ4n) is 3.62. The van der Waals surface area contributed by atoms with Crippen molar-refractivity contribution in [3.05, 3.63) is 104 Å². The van der Waals surface area contributed by atoms with Crippen molar-refractivity contribution in [2.45, 2.75) is 38.3 Å². The average Bonchev–Trinajstić information content (AvgIpc) is 2.73. The Hall–Kier alpha value is -2.34. The van der Waals surface area contributed by atoms with E-state index in [1.165, 1.54) is 24.3 Å². The molecule has 1 aromatic heterocycles. The number of rotatable bonds is 8. The van der Waals surface area contributed by atoms with Crippen LogP contribution in [0.25, 0.3) is 6.08 Å². The largest absolute Gasteiger partial charge is 0.399 e. The van der Waals surface area contributed by atoms with Gasteiger partial charge in [-0.15, -0.1) is 0 Å². The molecule has 0 bridgehead atoms. The molecule has 1 atom stereocenters. The molecule has 0 aliphatic rings. The highest BCUT2D eigenvalue weighted by molar-refractivity contribution is 6.34. The van der Waals surface area contributed by atoms with E-state index in [1.807, 2.05) is 6.07 Å². The van der Waals surface area contributed by atoms with E-state index in [0.29, 0.717) is 41.1 Å². The molecule has 0 saturated carbocycles. The van der Waals surface area contributed by atoms with Crippen LogP contribution >= 0.6 is 34.8 Å². The van der Waals surface area contributed by atoms with Crippen molar-refractivity contribution in [1.29, 1.82) is 0 Å². The number of nitrogens with zero attached hydrogens (tertiary/aromatic N) is 1. The molecule has 0 radical (unpaired) electrons. The minimum Gasteiger partial charge on any atom is -0.294 e. The molecule has 3 rings (SSSR count). The van der Waals surface area contributed by atoms with Gasteiger partial charge in [0.05, 0.1) is 5.92 Å². The average molecular weight is 527 g/mol. The third-order valence-electron chi connectivity index (χ3n) is 5.29. The first kappa shape index (κ1) is 26.3. The Morgan fingerprint density at radius 2 is 1.74 bits per heavy atom. The Morgan fingerprint density at radius 3 is 2.32 bits per heavy atom. The summed E-state index contributed by atoms with van der Waals surface area (Å²) in [6, 6.07) is 12.5. The maximum absolute atomic E-state index is 13.7. The van der Waals surface area contributed by atoms with Gasteiger partial charge in [0.2, 0.25) is 0 Å². The molecular formula is C26H21Cl3F3NO. The Bertz CT molecular complexity index is 1170. The normalized spacial score (nSPS) is 12.8. The van der Waals surface area contributed by atoms with Gasteiger partial charge in [0.15, 0.2) is 5.78 Å². The predicted molar refractivity (Wildman–Crippen MR) is 132 cm³/mol. The molecular weight excluding hydrogens is 506 g/mol. The van der Waals surface area contributed by atoms with Gasteiger partial charge >= 0.3 is 6.18 Å². The molecule has 0 aliphatic heterocycles. The summed E-state index contributed by atoms with van der Waals surface area (Å²) in [5.74, 6) is -1.88. The van der Waals surface area contributed by atoms with Gasteiger partial charge in [-0.05, 0) is 66.3 Å². The van der Waals surface area contributed by atoms with Crippen molar-refractivity contribution in [2.75, 3.05) is 0 Å². The number of carbonyl (C=O) groups excluding carboxylic acids is 1. The zero-order chi connectivity index (χ0) is 24.9. The van der Waals surface area contributed by atoms with E-state index in [9.17, 15) is 18.0 Å². The molecule has 0 saturated heterocycles. The molecule has 3 aromatic rings. The first-order valence-electron chi connectivity index (χ1n) is 10.5. The number of aryl methyl sites for hydroxylation is 2. The van der Waals surface area contributed by atoms with E-state index in [0.717, 1.165) is 11.6 Å². The number of carbonyl (C=O) groups is 1. The Morgan fingerprint density at radius 1 is 1.03 bits per heavy atom. The van der Waals surface area contributed by atoms with Crippen LogP contribution in [-0.4, -0.2) is 16.9 Å². The van der Waals surface area contributed by atoms with Gasteiger partial charge in [-0.1, -0.05) is 71.2 Å². The number of halogens is 6. The summed E-state index contributed by atoms with van der Waals surface area (Å²) in [4.78, 5) is 16.7. The van der Waals surface area contributed by atoms with Crippen LogP contribution in [0.3, 0.4) is 0 Å². The summed E-state index contributed by atoms with van der Waals surface area (Å²) in [7, 11) is 0. The second-order valence-electron chi connectivity index (χ2n) is 7.92. The van der Waals surface area contributed by atoms with Gasteiger partial charge in [-0.25, -0.2) is 4.98 Å². The SMILES string of the molecule is Cc1cc(/C=C/C(c2cc(Cl)cc(Cl)c2)C(F)(F)F)ccc1C(=O)CCCc1ccc(Cl)nc1. The first-order chi connectivity index (χ1) is 16.0. The summed E-state index contributed by atoms with van der Waals surface area (Å²) in [5, 5.41) is 0.690. The summed E-state index contributed by atoms with van der Waals surface area (Å²) in [6.45, 7) is 1.77. The van der Waals surface area contributed by atoms with E-state index in [4.69, 9.17) is 34.8 Å². The summed E-state index contributed by atoms with van der Waals surface area (Å²) in [5.41, 5.74) is 2.77. The minimum atomic E-state index is -4.52. The molecule has 2 nitrogen and oxygen atoms in total. The van der Waals surface area contributed by atoms with E-state index in [1.54, 1.807) is 37.4 Å². The van der Waals surface area contributed by atoms with Crippen LogP contribution in [0.1, 0.15) is 51.4 Å². The monoisotopic (exact) mass is 525 g/mol. The van der Waals surface area contributed by atoms with E-state index in [2.05, 4.69) is 4.98 Å². The van der Waals surface area contributed by atoms with Crippen LogP contribution in [0.2, 0.25) is 15.2 Å². The van der Waals surface area contributed by atoms with Gasteiger partial charge in [0.1, 0.15) is 5.15 Å². The summed E-state index contributed by atoms with van der Waals surface area (Å²) < 4.78 is 41.1. The molecule has 0 aliphatic carbocycles. The number of aromatic nitrogens is 1. The molecule has 0 N–H and O–H groups in total. The topological polar surface area (TPSA) is 30.0 Å². The van der Waals surface area contributed by atoms with Crippen LogP contribution in [0.4, 0.5) is 13.2 Å². The third-order valence-corrected chi connectivity index (χ3v) is 5.95. The predicted octanol–water partition coefficient (Wildman–Crippen LogP) is 8.92. The summed E-state index contributed by atoms with van der Waals surface area (Å²) in [6.07, 6.45) is 1.32. The van der Waals surface area contributed by atoms with Crippen LogP contribution in [0.5, 0.6) is 0 Å². The van der Waals surface area contributed by atoms with Gasteiger partial charge in [-0.2, -0.15) is 13.2 Å². The molecule has 0 fully saturated rings. The van der Waals surface area contributed by atoms with Crippen molar-refractivity contribution in [2.24, 2.45) is 0 Å². The number of ketones is 1. The highest BCUT2D eigenvalue weighted by Crippen LogP contribution is 2.38. The van der Waals surface area contributed by atoms with Crippen LogP contribution in [0, 0.1) is 6.92 Å². The Labute approximate surface area is 211 Å². The number of pyridine rings is 1. The fraction of sp³-hybridized carbons (Fsp3) is 0.231. The number of allylic oxidation sites excluding steroid dienone is 1. The van der Waals surface area contributed by atoms with Crippen molar-refractivity contribution in [3.63, 3.8) is 0 Å². The number of Topliss-reactive ketones (excluding diaryl/α,β-unsaturated/α-hetero) is 1. The van der Waals surface area contributed by atoms with E-state index < -0.39 is 12.1 Å². The van der Waals surface area contributed by atoms with Crippen LogP contribution in [-0.2, 0) is 6.42 Å². The lowest BCUT2D eigenvalue weighted by molar-refractivity contribution is -0.139. The lowest BCUT2D eigenvalue weighted by Gasteiger charge is -2.18. The van der Waals surface area contributed by atoms with Gasteiger partial charge < -0.3 is 0 Å². The van der Waals surface area contributed by atoms with E-state index >= 15 is 0 Å². The lowest BCUT2D eigenvalue weighted by Crippen LogP contribution is -2.18. The molecule has 178 valence electrons. The maximum atomic E-state index is 13.7. The first-order valence-corrected chi connectivity index (χ1v) is 11.6. The smallest absolute Gasteiger partial charge is 0.294 e. The maximum Gasteiger partial charge on any atom is 0.399 e. The highest BCUT2D eigenvalue weighted by Gasteiger charge is 2.39. The zero-order valence-corrected chi connectivity index (χ0v) is 20.4. The van der Waals surface area contributed by atoms with Crippen LogP contribution in [0.15, 0.2) is 60.8 Å². The second-order valence-corrected chi connectivity index (χ2v) is 9.18. The molecule has 1 unspecified atom stereocenters. The standard InChI is InChI=1S/C26H21Cl3F3NO/c1-16-11-17(6-9-23(26(30,31)32)19-12-20(27)14-21(28)13-19)5-8-22(16)24(34)4-2-3-18-7-10-25(29)33-15-18/h5-15,23H,2-4H2,1H3/b9-6+. The molecule has 1 heterocycles. The number of hydrogen-bond donors (Lipinski definition) is 0. The lowest BCUT2D eigenvalue weighted by atomic mass is 9.95. The van der Waals surface area contributed by atoms with Gasteiger partial charge in [-0.3, -0.25) is 4.79 Å². The molecule has 0 amide bonds. The number of alkyl halides is 3. The van der Waals surface area contributed by atoms with Crippen molar-refractivity contribution in [3.8, 4) is 0 Å². The highest BCUT2D eigenvalue weighted by atomic mass is 35.5. The number of hydrogen-bond acceptors (Lipinski definition) is 2. The summed E-state index contributed by atoms with van der Waals surface area (Å²) >= 11 is 17.6. The fourth-order valence-corrected chi connectivity index (χ4v) is 4.27. The third kappa shape index (κ3) is 7.33. The van der Waals surface area contributed by atoms with Crippen LogP contribution < -0.4 is 0 Å². The zero-order valence-electron chi connectivity index (χ0n) is 18.2. The van der Waals surface area contributed by atoms with E-state index in [-0.39, 0.29) is 21.4 Å². The molecule has 0 spiro atoms. The quantitative estimate of drug-likeness (QED) is 0.217. The Kier molecular flexibility index (Phi) is 8.80. The second kappa shape index (κ2) is 11.4. The van der Waals surface area contributed by atoms with Crippen molar-refractivity contribution >= 4 is 46.7 Å². The van der Waals surface area contributed by atoms with Gasteiger partial charge in [0.25, 0.3) is 0 Å². The molecule has 2 aromatic carbocycles.